The second kappa shape index (κ2) is 5.00. The minimum Gasteiger partial charge on any atom is -0.497 e. The number of methoxy groups -OCH3 is 1. The van der Waals surface area contributed by atoms with E-state index in [2.05, 4.69) is 15.1 Å². The largest absolute Gasteiger partial charge is 0.497 e. The Kier molecular flexibility index (Phi) is 3.04. The number of rotatable bonds is 3. The highest BCUT2D eigenvalue weighted by atomic mass is 16.5. The maximum atomic E-state index is 5.96. The molecule has 0 saturated carbocycles. The van der Waals surface area contributed by atoms with Crippen LogP contribution in [-0.2, 0) is 0 Å². The van der Waals surface area contributed by atoms with Gasteiger partial charge in [0.15, 0.2) is 0 Å². The molecule has 0 aliphatic carbocycles. The van der Waals surface area contributed by atoms with Crippen molar-refractivity contribution in [2.75, 3.05) is 12.8 Å². The van der Waals surface area contributed by atoms with Gasteiger partial charge in [-0.15, -0.1) is 0 Å². The van der Waals surface area contributed by atoms with Crippen LogP contribution in [0.2, 0.25) is 0 Å². The van der Waals surface area contributed by atoms with E-state index in [9.17, 15) is 0 Å². The van der Waals surface area contributed by atoms with E-state index in [1.807, 2.05) is 24.3 Å². The molecule has 2 heterocycles. The smallest absolute Gasteiger partial charge is 0.252 e. The third kappa shape index (κ3) is 2.18. The quantitative estimate of drug-likeness (QED) is 0.784. The Morgan fingerprint density at radius 1 is 1.10 bits per heavy atom. The van der Waals surface area contributed by atoms with Gasteiger partial charge in [-0.1, -0.05) is 0 Å². The molecule has 20 heavy (non-hydrogen) atoms. The normalized spacial score (nSPS) is 10.4. The van der Waals surface area contributed by atoms with Crippen LogP contribution in [0.25, 0.3) is 17.2 Å². The molecule has 2 aromatic heterocycles. The molecule has 6 nitrogen and oxygen atoms in total. The van der Waals surface area contributed by atoms with E-state index in [-0.39, 0.29) is 0 Å². The van der Waals surface area contributed by atoms with Crippen molar-refractivity contribution in [2.24, 2.45) is 0 Å². The molecule has 6 heteroatoms. The monoisotopic (exact) mass is 267 g/mol. The van der Waals surface area contributed by atoms with Crippen LogP contribution >= 0.6 is 0 Å². The van der Waals surface area contributed by atoms with Gasteiger partial charge < -0.3 is 10.5 Å². The molecule has 3 rings (SSSR count). The van der Waals surface area contributed by atoms with Crippen LogP contribution in [0.5, 0.6) is 5.75 Å². The zero-order valence-electron chi connectivity index (χ0n) is 10.9. The van der Waals surface area contributed by atoms with Crippen molar-refractivity contribution in [3.8, 4) is 23.0 Å². The minimum absolute atomic E-state index is 0.449. The molecule has 0 spiro atoms. The Labute approximate surface area is 115 Å². The van der Waals surface area contributed by atoms with Gasteiger partial charge in [-0.3, -0.25) is 0 Å². The molecule has 3 aromatic rings. The number of ether oxygens (including phenoxy) is 1. The lowest BCUT2D eigenvalue weighted by Crippen LogP contribution is -2.05. The van der Waals surface area contributed by atoms with Crippen LogP contribution in [0.1, 0.15) is 0 Å². The molecule has 0 saturated heterocycles. The average molecular weight is 267 g/mol. The van der Waals surface area contributed by atoms with E-state index >= 15 is 0 Å². The van der Waals surface area contributed by atoms with E-state index in [4.69, 9.17) is 10.5 Å². The molecular weight excluding hydrogens is 254 g/mol. The highest BCUT2D eigenvalue weighted by Crippen LogP contribution is 2.23. The lowest BCUT2D eigenvalue weighted by Gasteiger charge is -2.01. The summed E-state index contributed by atoms with van der Waals surface area (Å²) in [6.45, 7) is 0. The summed E-state index contributed by atoms with van der Waals surface area (Å²) in [5, 5.41) is 4.43. The summed E-state index contributed by atoms with van der Waals surface area (Å²) in [7, 11) is 1.63. The molecule has 1 aromatic carbocycles. The summed E-state index contributed by atoms with van der Waals surface area (Å²) in [5.74, 6) is 1.74. The van der Waals surface area contributed by atoms with Gasteiger partial charge in [0, 0.05) is 24.0 Å². The fourth-order valence-corrected chi connectivity index (χ4v) is 1.86. The fraction of sp³-hybridized carbons (Fsp3) is 0.0714. The number of nitrogen functional groups attached to an aromatic ring is 1. The number of benzene rings is 1. The number of nitrogens with two attached hydrogens (primary N) is 1. The van der Waals surface area contributed by atoms with Crippen molar-refractivity contribution in [1.82, 2.24) is 19.7 Å². The predicted molar refractivity (Wildman–Crippen MR) is 75.6 cm³/mol. The van der Waals surface area contributed by atoms with Crippen molar-refractivity contribution < 1.29 is 4.74 Å². The molecule has 0 aliphatic rings. The number of anilines is 1. The second-order valence-corrected chi connectivity index (χ2v) is 4.14. The minimum atomic E-state index is 0.449. The molecule has 0 radical (unpaired) electrons. The Balaban J connectivity index is 2.00. The number of hydrogen-bond donors (Lipinski definition) is 1. The fourth-order valence-electron chi connectivity index (χ4n) is 1.86. The van der Waals surface area contributed by atoms with Gasteiger partial charge in [0.2, 0.25) is 0 Å². The van der Waals surface area contributed by atoms with E-state index in [0.29, 0.717) is 11.8 Å². The first-order valence-electron chi connectivity index (χ1n) is 6.05. The Hall–Kier alpha value is -2.89. The molecule has 0 atom stereocenters. The van der Waals surface area contributed by atoms with Gasteiger partial charge in [-0.05, 0) is 30.3 Å². The van der Waals surface area contributed by atoms with Crippen molar-refractivity contribution in [3.05, 3.63) is 48.8 Å². The van der Waals surface area contributed by atoms with Gasteiger partial charge >= 0.3 is 0 Å². The molecule has 0 amide bonds. The van der Waals surface area contributed by atoms with Crippen LogP contribution in [-0.4, -0.2) is 26.9 Å². The molecule has 2 N–H and O–H groups in total. The highest BCUT2D eigenvalue weighted by Gasteiger charge is 2.10. The maximum Gasteiger partial charge on any atom is 0.252 e. The van der Waals surface area contributed by atoms with Gasteiger partial charge in [0.25, 0.3) is 5.95 Å². The van der Waals surface area contributed by atoms with Crippen LogP contribution in [0, 0.1) is 0 Å². The lowest BCUT2D eigenvalue weighted by molar-refractivity contribution is 0.415. The van der Waals surface area contributed by atoms with Gasteiger partial charge in [0.1, 0.15) is 11.6 Å². The molecule has 0 aliphatic heterocycles. The first-order valence-corrected chi connectivity index (χ1v) is 6.05. The zero-order chi connectivity index (χ0) is 13.9. The summed E-state index contributed by atoms with van der Waals surface area (Å²) >= 11 is 0. The van der Waals surface area contributed by atoms with Crippen molar-refractivity contribution in [2.45, 2.75) is 0 Å². The van der Waals surface area contributed by atoms with Crippen LogP contribution in [0.3, 0.4) is 0 Å². The van der Waals surface area contributed by atoms with Crippen molar-refractivity contribution in [3.63, 3.8) is 0 Å². The third-order valence-corrected chi connectivity index (χ3v) is 2.86. The molecule has 0 bridgehead atoms. The molecule has 0 fully saturated rings. The van der Waals surface area contributed by atoms with Crippen LogP contribution < -0.4 is 10.5 Å². The van der Waals surface area contributed by atoms with Crippen molar-refractivity contribution >= 4 is 5.82 Å². The summed E-state index contributed by atoms with van der Waals surface area (Å²) in [6, 6.07) is 11.1. The summed E-state index contributed by atoms with van der Waals surface area (Å²) in [4.78, 5) is 8.27. The van der Waals surface area contributed by atoms with E-state index in [1.54, 1.807) is 31.6 Å². The van der Waals surface area contributed by atoms with Gasteiger partial charge in [-0.25, -0.2) is 9.97 Å². The first kappa shape index (κ1) is 12.2. The highest BCUT2D eigenvalue weighted by molar-refractivity contribution is 5.63. The Morgan fingerprint density at radius 3 is 2.45 bits per heavy atom. The summed E-state index contributed by atoms with van der Waals surface area (Å²) < 4.78 is 6.65. The molecule has 100 valence electrons. The van der Waals surface area contributed by atoms with Crippen molar-refractivity contribution in [1.29, 1.82) is 0 Å². The summed E-state index contributed by atoms with van der Waals surface area (Å²) in [6.07, 6.45) is 3.30. The summed E-state index contributed by atoms with van der Waals surface area (Å²) in [5.41, 5.74) is 7.68. The van der Waals surface area contributed by atoms with E-state index in [0.717, 1.165) is 17.0 Å². The lowest BCUT2D eigenvalue weighted by atomic mass is 10.1. The zero-order valence-corrected chi connectivity index (χ0v) is 10.9. The molecule has 0 unspecified atom stereocenters. The van der Waals surface area contributed by atoms with E-state index < -0.39 is 0 Å². The Morgan fingerprint density at radius 2 is 1.80 bits per heavy atom. The molecular formula is C14H13N5O. The average Bonchev–Trinajstić information content (AvgIpc) is 2.90. The maximum absolute atomic E-state index is 5.96. The van der Waals surface area contributed by atoms with Crippen LogP contribution in [0.4, 0.5) is 5.82 Å². The number of nitrogens with zero attached hydrogens (tertiary/aromatic N) is 4. The predicted octanol–water partition coefficient (Wildman–Crippen LogP) is 1.92. The third-order valence-electron chi connectivity index (χ3n) is 2.86. The Bertz CT molecular complexity index is 706. The standard InChI is InChI=1S/C14H13N5O/c1-20-11-5-3-10(4-6-11)12-9-13(15)19(18-12)14-16-7-2-8-17-14/h2-9H,15H2,1H3. The number of aromatic nitrogens is 4. The first-order chi connectivity index (χ1) is 9.78. The number of hydrogen-bond acceptors (Lipinski definition) is 5. The SMILES string of the molecule is COc1ccc(-c2cc(N)n(-c3ncccn3)n2)cc1. The van der Waals surface area contributed by atoms with Crippen LogP contribution in [0.15, 0.2) is 48.8 Å². The van der Waals surface area contributed by atoms with E-state index in [1.165, 1.54) is 4.68 Å². The topological polar surface area (TPSA) is 78.9 Å². The van der Waals surface area contributed by atoms with Gasteiger partial charge in [-0.2, -0.15) is 9.78 Å². The second-order valence-electron chi connectivity index (χ2n) is 4.14. The van der Waals surface area contributed by atoms with Gasteiger partial charge in [0.05, 0.1) is 12.8 Å².